The van der Waals surface area contributed by atoms with Gasteiger partial charge in [0.15, 0.2) is 0 Å². The normalized spacial score (nSPS) is 16.5. The number of unbranched alkanes of at least 4 members (excludes halogenated alkanes) is 1. The molecule has 3 aromatic rings. The number of amides is 1. The largest absolute Gasteiger partial charge is 0.478 e. The number of hydrogen-bond donors (Lipinski definition) is 1. The van der Waals surface area contributed by atoms with Crippen molar-refractivity contribution in [3.8, 4) is 5.88 Å². The van der Waals surface area contributed by atoms with Gasteiger partial charge in [0.05, 0.1) is 12.3 Å². The number of fused-ring (bicyclic) bond motifs is 2. The molecule has 33 heavy (non-hydrogen) atoms. The Morgan fingerprint density at radius 3 is 2.79 bits per heavy atom. The van der Waals surface area contributed by atoms with Crippen molar-refractivity contribution in [3.63, 3.8) is 0 Å². The number of aromatic nitrogens is 1. The third-order valence-corrected chi connectivity index (χ3v) is 6.51. The number of nitrogens with one attached hydrogen (secondary N) is 1. The molecule has 1 fully saturated rings. The first-order valence-corrected chi connectivity index (χ1v) is 11.7. The summed E-state index contributed by atoms with van der Waals surface area (Å²) in [6, 6.07) is 13.0. The third-order valence-electron chi connectivity index (χ3n) is 6.51. The van der Waals surface area contributed by atoms with Crippen LogP contribution in [-0.2, 0) is 11.2 Å². The van der Waals surface area contributed by atoms with Crippen LogP contribution in [0, 0.1) is 5.82 Å². The number of rotatable bonds is 7. The van der Waals surface area contributed by atoms with Crippen molar-refractivity contribution in [3.05, 3.63) is 60.0 Å². The van der Waals surface area contributed by atoms with E-state index < -0.39 is 0 Å². The second-order valence-corrected chi connectivity index (χ2v) is 8.75. The molecule has 0 atom stereocenters. The Bertz CT molecular complexity index is 1140. The van der Waals surface area contributed by atoms with Crippen molar-refractivity contribution in [1.82, 2.24) is 9.88 Å². The van der Waals surface area contributed by atoms with Crippen LogP contribution in [0.5, 0.6) is 5.88 Å². The lowest BCUT2D eigenvalue weighted by atomic mass is 10.1. The van der Waals surface area contributed by atoms with Crippen molar-refractivity contribution in [2.45, 2.75) is 25.7 Å². The van der Waals surface area contributed by atoms with Crippen LogP contribution < -0.4 is 15.0 Å². The van der Waals surface area contributed by atoms with E-state index >= 15 is 0 Å². The summed E-state index contributed by atoms with van der Waals surface area (Å²) in [6.45, 7) is 5.53. The zero-order valence-electron chi connectivity index (χ0n) is 18.7. The van der Waals surface area contributed by atoms with Crippen LogP contribution in [-0.4, -0.2) is 55.1 Å². The minimum absolute atomic E-state index is 0.0485. The van der Waals surface area contributed by atoms with Gasteiger partial charge in [-0.25, -0.2) is 9.37 Å². The highest BCUT2D eigenvalue weighted by Crippen LogP contribution is 2.28. The quantitative estimate of drug-likeness (QED) is 0.548. The average Bonchev–Trinajstić information content (AvgIpc) is 2.83. The van der Waals surface area contributed by atoms with Gasteiger partial charge < -0.3 is 15.0 Å². The van der Waals surface area contributed by atoms with Crippen molar-refractivity contribution in [2.75, 3.05) is 49.5 Å². The van der Waals surface area contributed by atoms with Gasteiger partial charge in [-0.3, -0.25) is 9.69 Å². The molecule has 5 rings (SSSR count). The molecular formula is C26H29FN4O2. The highest BCUT2D eigenvalue weighted by atomic mass is 19.1. The molecule has 0 bridgehead atoms. The molecule has 1 aromatic heterocycles. The lowest BCUT2D eigenvalue weighted by Crippen LogP contribution is -2.46. The van der Waals surface area contributed by atoms with E-state index in [1.165, 1.54) is 6.07 Å². The number of benzene rings is 2. The summed E-state index contributed by atoms with van der Waals surface area (Å²) in [4.78, 5) is 20.8. The molecule has 2 aliphatic rings. The van der Waals surface area contributed by atoms with Gasteiger partial charge in [0.2, 0.25) is 11.8 Å². The highest BCUT2D eigenvalue weighted by molar-refractivity contribution is 5.94. The summed E-state index contributed by atoms with van der Waals surface area (Å²) in [5.74, 6) is 0.426. The molecule has 0 radical (unpaired) electrons. The number of anilines is 2. The number of pyridine rings is 1. The molecule has 172 valence electrons. The molecule has 3 heterocycles. The predicted octanol–water partition coefficient (Wildman–Crippen LogP) is 4.24. The van der Waals surface area contributed by atoms with Gasteiger partial charge in [0.1, 0.15) is 5.82 Å². The summed E-state index contributed by atoms with van der Waals surface area (Å²) >= 11 is 0. The molecule has 6 nitrogen and oxygen atoms in total. The summed E-state index contributed by atoms with van der Waals surface area (Å²) in [6.07, 6.45) is 5.06. The molecule has 2 aliphatic heterocycles. The van der Waals surface area contributed by atoms with E-state index in [9.17, 15) is 9.18 Å². The van der Waals surface area contributed by atoms with Gasteiger partial charge in [-0.1, -0.05) is 18.2 Å². The van der Waals surface area contributed by atoms with Crippen molar-refractivity contribution in [1.29, 1.82) is 0 Å². The smallest absolute Gasteiger partial charge is 0.224 e. The van der Waals surface area contributed by atoms with Gasteiger partial charge in [0.25, 0.3) is 0 Å². The van der Waals surface area contributed by atoms with Crippen molar-refractivity contribution in [2.24, 2.45) is 0 Å². The van der Waals surface area contributed by atoms with E-state index in [2.05, 4.69) is 26.2 Å². The minimum Gasteiger partial charge on any atom is -0.478 e. The molecule has 0 unspecified atom stereocenters. The maximum absolute atomic E-state index is 13.8. The highest BCUT2D eigenvalue weighted by Gasteiger charge is 2.19. The SMILES string of the molecule is O=C1CCc2cnc(OCCCCN3CCN(c4cccc5ccc(F)cc45)CC3)cc2N1. The van der Waals surface area contributed by atoms with Crippen molar-refractivity contribution < 1.29 is 13.9 Å². The van der Waals surface area contributed by atoms with Crippen LogP contribution in [0.1, 0.15) is 24.8 Å². The minimum atomic E-state index is -0.189. The maximum atomic E-state index is 13.8. The van der Waals surface area contributed by atoms with E-state index in [1.807, 2.05) is 24.3 Å². The van der Waals surface area contributed by atoms with Crippen LogP contribution in [0.15, 0.2) is 48.7 Å². The fourth-order valence-electron chi connectivity index (χ4n) is 4.65. The Hall–Kier alpha value is -3.19. The lowest BCUT2D eigenvalue weighted by Gasteiger charge is -2.36. The Morgan fingerprint density at radius 1 is 1.03 bits per heavy atom. The molecule has 0 spiro atoms. The number of nitrogens with zero attached hydrogens (tertiary/aromatic N) is 3. The Balaban J connectivity index is 1.06. The Morgan fingerprint density at radius 2 is 1.91 bits per heavy atom. The molecule has 0 aliphatic carbocycles. The second kappa shape index (κ2) is 9.75. The summed E-state index contributed by atoms with van der Waals surface area (Å²) in [7, 11) is 0. The third kappa shape index (κ3) is 5.09. The van der Waals surface area contributed by atoms with Gasteiger partial charge in [0, 0.05) is 55.9 Å². The van der Waals surface area contributed by atoms with Gasteiger partial charge in [-0.05, 0) is 55.0 Å². The van der Waals surface area contributed by atoms with E-state index in [4.69, 9.17) is 4.74 Å². The number of piperazine rings is 1. The molecule has 1 N–H and O–H groups in total. The Kier molecular flexibility index (Phi) is 6.39. The number of hydrogen-bond acceptors (Lipinski definition) is 5. The number of ether oxygens (including phenoxy) is 1. The topological polar surface area (TPSA) is 57.7 Å². The Labute approximate surface area is 193 Å². The summed E-state index contributed by atoms with van der Waals surface area (Å²) < 4.78 is 19.6. The van der Waals surface area contributed by atoms with Crippen LogP contribution >= 0.6 is 0 Å². The molecule has 2 aromatic carbocycles. The number of aryl methyl sites for hydroxylation is 1. The monoisotopic (exact) mass is 448 g/mol. The lowest BCUT2D eigenvalue weighted by molar-refractivity contribution is -0.116. The van der Waals surface area contributed by atoms with Crippen LogP contribution in [0.3, 0.4) is 0 Å². The van der Waals surface area contributed by atoms with Crippen molar-refractivity contribution >= 4 is 28.1 Å². The van der Waals surface area contributed by atoms with Gasteiger partial charge in [-0.15, -0.1) is 0 Å². The first kappa shape index (κ1) is 21.6. The van der Waals surface area contributed by atoms with Crippen LogP contribution in [0.4, 0.5) is 15.8 Å². The molecular weight excluding hydrogens is 419 g/mol. The van der Waals surface area contributed by atoms with E-state index in [-0.39, 0.29) is 11.7 Å². The molecule has 1 amide bonds. The summed E-state index contributed by atoms with van der Waals surface area (Å²) in [5.41, 5.74) is 3.01. The standard InChI is InChI=1S/C26H29FN4O2/c27-21-8-6-19-4-3-5-24(22(19)16-21)31-13-11-30(12-14-31)10-1-2-15-33-26-17-23-20(18-28-26)7-9-25(32)29-23/h3-6,8,16-18H,1-2,7,9-15H2,(H,29,32). The van der Waals surface area contributed by atoms with Crippen LogP contribution in [0.25, 0.3) is 10.8 Å². The van der Waals surface area contributed by atoms with E-state index in [0.717, 1.165) is 79.7 Å². The predicted molar refractivity (Wildman–Crippen MR) is 128 cm³/mol. The second-order valence-electron chi connectivity index (χ2n) is 8.75. The van der Waals surface area contributed by atoms with Gasteiger partial charge >= 0.3 is 0 Å². The zero-order chi connectivity index (χ0) is 22.6. The fraction of sp³-hybridized carbons (Fsp3) is 0.385. The average molecular weight is 449 g/mol. The number of carbonyl (C=O) groups is 1. The zero-order valence-corrected chi connectivity index (χ0v) is 18.7. The molecule has 0 saturated carbocycles. The molecule has 7 heteroatoms. The number of halogens is 1. The molecule has 1 saturated heterocycles. The number of carbonyl (C=O) groups excluding carboxylic acids is 1. The first-order valence-electron chi connectivity index (χ1n) is 11.7. The maximum Gasteiger partial charge on any atom is 0.224 e. The van der Waals surface area contributed by atoms with E-state index in [1.54, 1.807) is 12.3 Å². The van der Waals surface area contributed by atoms with Crippen LogP contribution in [0.2, 0.25) is 0 Å². The van der Waals surface area contributed by atoms with E-state index in [0.29, 0.717) is 18.9 Å². The summed E-state index contributed by atoms with van der Waals surface area (Å²) in [5, 5.41) is 4.95. The fourth-order valence-corrected chi connectivity index (χ4v) is 4.65. The first-order chi connectivity index (χ1) is 16.2. The van der Waals surface area contributed by atoms with Gasteiger partial charge in [-0.2, -0.15) is 0 Å².